The molecule has 2 heterocycles. The predicted octanol–water partition coefficient (Wildman–Crippen LogP) is 1.76. The molecule has 1 aromatic heterocycles. The lowest BCUT2D eigenvalue weighted by Gasteiger charge is -2.24. The Labute approximate surface area is 116 Å². The number of aromatic nitrogens is 2. The number of rotatable bonds is 5. The maximum atomic E-state index is 11.3. The third-order valence-corrected chi connectivity index (χ3v) is 4.26. The fourth-order valence-corrected chi connectivity index (χ4v) is 3.36. The van der Waals surface area contributed by atoms with Crippen LogP contribution in [0.15, 0.2) is 6.33 Å². The molecule has 0 amide bonds. The van der Waals surface area contributed by atoms with Crippen LogP contribution in [0.4, 0.5) is 17.3 Å². The van der Waals surface area contributed by atoms with Gasteiger partial charge in [-0.2, -0.15) is 11.8 Å². The summed E-state index contributed by atoms with van der Waals surface area (Å²) >= 11 is 1.86. The Balaban J connectivity index is 2.37. The van der Waals surface area contributed by atoms with Crippen LogP contribution in [0, 0.1) is 10.1 Å². The van der Waals surface area contributed by atoms with E-state index in [4.69, 9.17) is 0 Å². The van der Waals surface area contributed by atoms with Gasteiger partial charge in [-0.25, -0.2) is 9.97 Å². The number of nitrogens with zero attached hydrogens (tertiary/aromatic N) is 4. The summed E-state index contributed by atoms with van der Waals surface area (Å²) in [6.07, 6.45) is 2.40. The van der Waals surface area contributed by atoms with E-state index in [1.54, 1.807) is 0 Å². The molecule has 0 bridgehead atoms. The minimum absolute atomic E-state index is 0.0382. The fourth-order valence-electron chi connectivity index (χ4n) is 2.09. The lowest BCUT2D eigenvalue weighted by atomic mass is 10.2. The molecule has 0 aliphatic carbocycles. The normalized spacial score (nSPS) is 18.3. The topological polar surface area (TPSA) is 84.2 Å². The summed E-state index contributed by atoms with van der Waals surface area (Å²) in [5, 5.41) is 14.2. The van der Waals surface area contributed by atoms with Crippen LogP contribution < -0.4 is 10.2 Å². The van der Waals surface area contributed by atoms with Gasteiger partial charge in [-0.1, -0.05) is 0 Å². The Morgan fingerprint density at radius 3 is 3.00 bits per heavy atom. The van der Waals surface area contributed by atoms with E-state index >= 15 is 0 Å². The summed E-state index contributed by atoms with van der Waals surface area (Å²) in [7, 11) is 1.86. The maximum absolute atomic E-state index is 11.3. The molecule has 1 aliphatic heterocycles. The van der Waals surface area contributed by atoms with Crippen molar-refractivity contribution in [3.8, 4) is 0 Å². The van der Waals surface area contributed by atoms with Crippen molar-refractivity contribution in [3.05, 3.63) is 16.4 Å². The van der Waals surface area contributed by atoms with Crippen LogP contribution in [0.1, 0.15) is 13.3 Å². The molecule has 19 heavy (non-hydrogen) atoms. The van der Waals surface area contributed by atoms with E-state index in [1.807, 2.05) is 30.6 Å². The molecule has 7 nitrogen and oxygen atoms in total. The van der Waals surface area contributed by atoms with Crippen LogP contribution in [0.5, 0.6) is 0 Å². The first-order chi connectivity index (χ1) is 9.15. The van der Waals surface area contributed by atoms with Crippen molar-refractivity contribution in [2.45, 2.75) is 19.4 Å². The van der Waals surface area contributed by atoms with Gasteiger partial charge in [-0.15, -0.1) is 0 Å². The zero-order valence-corrected chi connectivity index (χ0v) is 11.8. The highest BCUT2D eigenvalue weighted by atomic mass is 32.2. The van der Waals surface area contributed by atoms with Gasteiger partial charge < -0.3 is 10.2 Å². The third kappa shape index (κ3) is 2.89. The zero-order chi connectivity index (χ0) is 13.8. The molecule has 0 aromatic carbocycles. The molecule has 0 saturated carbocycles. The molecule has 1 saturated heterocycles. The highest BCUT2D eigenvalue weighted by Crippen LogP contribution is 2.34. The predicted molar refractivity (Wildman–Crippen MR) is 77.0 cm³/mol. The first-order valence-corrected chi connectivity index (χ1v) is 7.34. The minimum Gasteiger partial charge on any atom is -0.364 e. The van der Waals surface area contributed by atoms with Crippen LogP contribution in [0.3, 0.4) is 0 Å². The van der Waals surface area contributed by atoms with Crippen LogP contribution >= 0.6 is 11.8 Å². The third-order valence-electron chi connectivity index (χ3n) is 3.12. The molecule has 1 N–H and O–H groups in total. The number of thioether (sulfide) groups is 1. The number of anilines is 2. The Morgan fingerprint density at radius 2 is 2.42 bits per heavy atom. The lowest BCUT2D eigenvalue weighted by Crippen LogP contribution is -2.32. The summed E-state index contributed by atoms with van der Waals surface area (Å²) < 4.78 is 0. The second kappa shape index (κ2) is 6.05. The van der Waals surface area contributed by atoms with Gasteiger partial charge >= 0.3 is 5.69 Å². The molecule has 0 radical (unpaired) electrons. The first kappa shape index (κ1) is 13.9. The molecule has 1 aliphatic rings. The monoisotopic (exact) mass is 283 g/mol. The second-order valence-electron chi connectivity index (χ2n) is 4.31. The molecule has 104 valence electrons. The molecule has 1 unspecified atom stereocenters. The molecule has 1 aromatic rings. The highest BCUT2D eigenvalue weighted by Gasteiger charge is 2.30. The molecule has 2 rings (SSSR count). The Bertz CT molecular complexity index is 464. The summed E-state index contributed by atoms with van der Waals surface area (Å²) in [5.41, 5.74) is -0.0382. The van der Waals surface area contributed by atoms with Crippen molar-refractivity contribution in [2.75, 3.05) is 35.3 Å². The molecule has 1 atom stereocenters. The summed E-state index contributed by atoms with van der Waals surface area (Å²) in [5.74, 6) is 2.75. The summed E-state index contributed by atoms with van der Waals surface area (Å²) in [6.45, 7) is 2.46. The van der Waals surface area contributed by atoms with Gasteiger partial charge in [0.25, 0.3) is 0 Å². The first-order valence-electron chi connectivity index (χ1n) is 6.19. The van der Waals surface area contributed by atoms with Crippen molar-refractivity contribution in [3.63, 3.8) is 0 Å². The van der Waals surface area contributed by atoms with E-state index in [0.29, 0.717) is 18.4 Å². The zero-order valence-electron chi connectivity index (χ0n) is 11.0. The van der Waals surface area contributed by atoms with Gasteiger partial charge in [0.05, 0.1) is 4.92 Å². The smallest absolute Gasteiger partial charge is 0.353 e. The second-order valence-corrected chi connectivity index (χ2v) is 5.46. The molecule has 8 heteroatoms. The Hall–Kier alpha value is -1.57. The standard InChI is InChI=1S/C11H17N5O2S/c1-3-12-10-9(16(17)18)11(14-7-13-10)15(2)8-4-5-19-6-8/h7-8H,3-6H2,1-2H3,(H,12,13,14). The molecule has 0 spiro atoms. The van der Waals surface area contributed by atoms with E-state index in [9.17, 15) is 10.1 Å². The van der Waals surface area contributed by atoms with E-state index in [-0.39, 0.29) is 11.5 Å². The van der Waals surface area contributed by atoms with Gasteiger partial charge in [0.1, 0.15) is 6.33 Å². The average Bonchev–Trinajstić information content (AvgIpc) is 2.91. The fraction of sp³-hybridized carbons (Fsp3) is 0.636. The van der Waals surface area contributed by atoms with Crippen LogP contribution in [0.25, 0.3) is 0 Å². The molecule has 1 fully saturated rings. The van der Waals surface area contributed by atoms with Crippen LogP contribution in [0.2, 0.25) is 0 Å². The summed E-state index contributed by atoms with van der Waals surface area (Å²) in [6, 6.07) is 0.299. The van der Waals surface area contributed by atoms with Gasteiger partial charge in [0, 0.05) is 25.4 Å². The van der Waals surface area contributed by atoms with E-state index in [0.717, 1.165) is 17.9 Å². The minimum atomic E-state index is -0.411. The van der Waals surface area contributed by atoms with Gasteiger partial charge in [0.15, 0.2) is 0 Å². The largest absolute Gasteiger partial charge is 0.364 e. The molecular formula is C11H17N5O2S. The SMILES string of the molecule is CCNc1ncnc(N(C)C2CCSC2)c1[N+](=O)[O-]. The highest BCUT2D eigenvalue weighted by molar-refractivity contribution is 7.99. The van der Waals surface area contributed by atoms with Gasteiger partial charge in [-0.05, 0) is 19.1 Å². The van der Waals surface area contributed by atoms with Crippen LogP contribution in [-0.4, -0.2) is 46.0 Å². The summed E-state index contributed by atoms with van der Waals surface area (Å²) in [4.78, 5) is 20.9. The van der Waals surface area contributed by atoms with Gasteiger partial charge in [0.2, 0.25) is 11.6 Å². The van der Waals surface area contributed by atoms with E-state index in [1.165, 1.54) is 6.33 Å². The lowest BCUT2D eigenvalue weighted by molar-refractivity contribution is -0.383. The van der Waals surface area contributed by atoms with E-state index < -0.39 is 4.92 Å². The number of hydrogen-bond donors (Lipinski definition) is 1. The number of nitro groups is 1. The Morgan fingerprint density at radius 1 is 1.63 bits per heavy atom. The van der Waals surface area contributed by atoms with Crippen LogP contribution in [-0.2, 0) is 0 Å². The average molecular weight is 283 g/mol. The Kier molecular flexibility index (Phi) is 4.41. The van der Waals surface area contributed by atoms with Crippen molar-refractivity contribution in [1.29, 1.82) is 0 Å². The number of hydrogen-bond acceptors (Lipinski definition) is 7. The van der Waals surface area contributed by atoms with Crippen molar-refractivity contribution >= 4 is 29.1 Å². The van der Waals surface area contributed by atoms with Crippen molar-refractivity contribution in [1.82, 2.24) is 9.97 Å². The quantitative estimate of drug-likeness (QED) is 0.651. The van der Waals surface area contributed by atoms with Crippen molar-refractivity contribution in [2.24, 2.45) is 0 Å². The maximum Gasteiger partial charge on any atom is 0.353 e. The molecular weight excluding hydrogens is 266 g/mol. The van der Waals surface area contributed by atoms with Crippen molar-refractivity contribution < 1.29 is 4.92 Å². The number of nitrogens with one attached hydrogen (secondary N) is 1. The van der Waals surface area contributed by atoms with E-state index in [2.05, 4.69) is 15.3 Å². The van der Waals surface area contributed by atoms with Gasteiger partial charge in [-0.3, -0.25) is 10.1 Å².